The molecule has 0 aromatic carbocycles. The van der Waals surface area contributed by atoms with Crippen LogP contribution >= 0.6 is 23.1 Å². The third-order valence-corrected chi connectivity index (χ3v) is 4.19. The lowest BCUT2D eigenvalue weighted by molar-refractivity contribution is 0.579. The van der Waals surface area contributed by atoms with Crippen molar-refractivity contribution in [3.05, 3.63) is 22.4 Å². The van der Waals surface area contributed by atoms with Crippen LogP contribution in [0.15, 0.2) is 27.0 Å². The molecule has 100 valence electrons. The molecule has 0 aliphatic heterocycles. The normalized spacial score (nSPS) is 13.4. The van der Waals surface area contributed by atoms with Crippen LogP contribution in [-0.4, -0.2) is 16.5 Å². The number of thioether (sulfide) groups is 1. The van der Waals surface area contributed by atoms with Crippen molar-refractivity contribution >= 4 is 33.9 Å². The van der Waals surface area contributed by atoms with Crippen LogP contribution in [0.2, 0.25) is 0 Å². The number of nitrogens with zero attached hydrogens (tertiary/aromatic N) is 2. The Morgan fingerprint density at radius 2 is 2.11 bits per heavy atom. The van der Waals surface area contributed by atoms with Gasteiger partial charge in [-0.1, -0.05) is 20.3 Å². The first-order valence-electron chi connectivity index (χ1n) is 6.34. The number of hydrogen-bond donors (Lipinski definition) is 0. The Morgan fingerprint density at radius 3 is 2.72 bits per heavy atom. The van der Waals surface area contributed by atoms with Gasteiger partial charge >= 0.3 is 0 Å². The molecule has 1 heterocycles. The highest BCUT2D eigenvalue weighted by molar-refractivity contribution is 8.13. The van der Waals surface area contributed by atoms with Gasteiger partial charge in [0.25, 0.3) is 0 Å². The summed E-state index contributed by atoms with van der Waals surface area (Å²) < 4.78 is 0. The van der Waals surface area contributed by atoms with Gasteiger partial charge in [0.2, 0.25) is 0 Å². The summed E-state index contributed by atoms with van der Waals surface area (Å²) in [6.45, 7) is 8.56. The van der Waals surface area contributed by atoms with Gasteiger partial charge in [0.1, 0.15) is 0 Å². The van der Waals surface area contributed by atoms with Crippen molar-refractivity contribution in [3.63, 3.8) is 0 Å². The predicted molar refractivity (Wildman–Crippen MR) is 86.2 cm³/mol. The summed E-state index contributed by atoms with van der Waals surface area (Å²) in [5.74, 6) is 1.93. The molecule has 1 aromatic heterocycles. The zero-order valence-corrected chi connectivity index (χ0v) is 13.3. The summed E-state index contributed by atoms with van der Waals surface area (Å²) in [4.78, 5) is 0. The molecule has 0 spiro atoms. The van der Waals surface area contributed by atoms with E-state index in [9.17, 15) is 0 Å². The Morgan fingerprint density at radius 1 is 1.33 bits per heavy atom. The Hall–Kier alpha value is -0.610. The lowest BCUT2D eigenvalue weighted by atomic mass is 10.1. The Kier molecular flexibility index (Phi) is 7.28. The minimum Gasteiger partial charge on any atom is -0.155 e. The monoisotopic (exact) mass is 282 g/mol. The van der Waals surface area contributed by atoms with Gasteiger partial charge in [0, 0.05) is 5.56 Å². The fourth-order valence-electron chi connectivity index (χ4n) is 1.41. The Labute approximate surface area is 119 Å². The first-order valence-corrected chi connectivity index (χ1v) is 8.26. The molecule has 0 bridgehead atoms. The zero-order valence-electron chi connectivity index (χ0n) is 11.6. The van der Waals surface area contributed by atoms with Gasteiger partial charge in [-0.3, -0.25) is 0 Å². The van der Waals surface area contributed by atoms with Crippen molar-refractivity contribution < 1.29 is 0 Å². The van der Waals surface area contributed by atoms with E-state index in [0.29, 0.717) is 0 Å². The molecule has 0 saturated heterocycles. The summed E-state index contributed by atoms with van der Waals surface area (Å²) >= 11 is 3.49. The quantitative estimate of drug-likeness (QED) is 0.310. The molecule has 0 aliphatic carbocycles. The highest BCUT2D eigenvalue weighted by Crippen LogP contribution is 2.12. The van der Waals surface area contributed by atoms with Crippen LogP contribution in [0.3, 0.4) is 0 Å². The summed E-state index contributed by atoms with van der Waals surface area (Å²) in [5, 5.41) is 13.7. The average molecular weight is 282 g/mol. The van der Waals surface area contributed by atoms with E-state index < -0.39 is 0 Å². The molecule has 1 aromatic rings. The second-order valence-corrected chi connectivity index (χ2v) is 6.77. The molecule has 0 unspecified atom stereocenters. The summed E-state index contributed by atoms with van der Waals surface area (Å²) in [7, 11) is 0. The van der Waals surface area contributed by atoms with Gasteiger partial charge in [-0.15, -0.1) is 16.9 Å². The molecule has 0 radical (unpaired) electrons. The van der Waals surface area contributed by atoms with Crippen molar-refractivity contribution in [1.29, 1.82) is 0 Å². The number of thiophene rings is 1. The van der Waals surface area contributed by atoms with Crippen molar-refractivity contribution in [3.8, 4) is 0 Å². The van der Waals surface area contributed by atoms with Crippen LogP contribution in [0.1, 0.15) is 46.1 Å². The van der Waals surface area contributed by atoms with E-state index in [0.717, 1.165) is 22.4 Å². The summed E-state index contributed by atoms with van der Waals surface area (Å²) in [6, 6.07) is 2.07. The van der Waals surface area contributed by atoms with E-state index in [1.807, 2.05) is 13.8 Å². The summed E-state index contributed by atoms with van der Waals surface area (Å²) in [6.07, 6.45) is 2.54. The minimum absolute atomic E-state index is 0.793. The van der Waals surface area contributed by atoms with Crippen LogP contribution in [0, 0.1) is 5.92 Å². The maximum atomic E-state index is 4.27. The fourth-order valence-corrected chi connectivity index (χ4v) is 2.82. The first kappa shape index (κ1) is 15.4. The molecular formula is C14H22N2S2. The molecule has 18 heavy (non-hydrogen) atoms. The average Bonchev–Trinajstić information content (AvgIpc) is 2.85. The van der Waals surface area contributed by atoms with Gasteiger partial charge in [0.05, 0.1) is 10.8 Å². The van der Waals surface area contributed by atoms with Crippen LogP contribution in [0.4, 0.5) is 0 Å². The molecule has 0 atom stereocenters. The Balaban J connectivity index is 2.35. The lowest BCUT2D eigenvalue weighted by Crippen LogP contribution is -1.93. The third-order valence-electron chi connectivity index (χ3n) is 2.52. The van der Waals surface area contributed by atoms with Crippen molar-refractivity contribution in [2.45, 2.75) is 40.5 Å². The molecule has 0 fully saturated rings. The third kappa shape index (κ3) is 6.36. The molecule has 2 nitrogen and oxygen atoms in total. The molecule has 0 saturated carbocycles. The second kappa shape index (κ2) is 8.48. The second-order valence-electron chi connectivity index (χ2n) is 4.70. The van der Waals surface area contributed by atoms with Crippen molar-refractivity contribution in [2.24, 2.45) is 16.1 Å². The maximum Gasteiger partial charge on any atom is 0.0927 e. The van der Waals surface area contributed by atoms with E-state index in [1.54, 1.807) is 23.1 Å². The standard InChI is InChI=1S/C14H22N2S2/c1-11(2)6-5-8-18-13(4)16-15-12(3)14-7-9-17-10-14/h7,9-11H,5-6,8H2,1-4H3/b15-12+,16-13+. The lowest BCUT2D eigenvalue weighted by Gasteiger charge is -2.03. The highest BCUT2D eigenvalue weighted by Gasteiger charge is 1.98. The van der Waals surface area contributed by atoms with Crippen LogP contribution in [-0.2, 0) is 0 Å². The topological polar surface area (TPSA) is 24.7 Å². The van der Waals surface area contributed by atoms with Crippen molar-refractivity contribution in [1.82, 2.24) is 0 Å². The van der Waals surface area contributed by atoms with Gasteiger partial charge in [-0.25, -0.2) is 0 Å². The smallest absolute Gasteiger partial charge is 0.0927 e. The highest BCUT2D eigenvalue weighted by atomic mass is 32.2. The molecule has 0 aliphatic rings. The van der Waals surface area contributed by atoms with E-state index in [2.05, 4.69) is 40.9 Å². The number of hydrogen-bond acceptors (Lipinski definition) is 4. The van der Waals surface area contributed by atoms with Crippen molar-refractivity contribution in [2.75, 3.05) is 5.75 Å². The maximum absolute atomic E-state index is 4.27. The Bertz CT molecular complexity index is 392. The van der Waals surface area contributed by atoms with Gasteiger partial charge in [-0.2, -0.15) is 16.4 Å². The molecule has 0 N–H and O–H groups in total. The van der Waals surface area contributed by atoms with E-state index in [4.69, 9.17) is 0 Å². The fraction of sp³-hybridized carbons (Fsp3) is 0.571. The molecule has 0 amide bonds. The van der Waals surface area contributed by atoms with Crippen LogP contribution in [0.25, 0.3) is 0 Å². The SMILES string of the molecule is C/C(=N\N=C(/C)c1ccsc1)SCCCC(C)C. The van der Waals surface area contributed by atoms with E-state index in [-0.39, 0.29) is 0 Å². The van der Waals surface area contributed by atoms with Gasteiger partial charge in [0.15, 0.2) is 0 Å². The first-order chi connectivity index (χ1) is 8.59. The van der Waals surface area contributed by atoms with Crippen LogP contribution < -0.4 is 0 Å². The molecule has 1 rings (SSSR count). The largest absolute Gasteiger partial charge is 0.155 e. The minimum atomic E-state index is 0.793. The van der Waals surface area contributed by atoms with Gasteiger partial charge in [-0.05, 0) is 48.8 Å². The molecular weight excluding hydrogens is 260 g/mol. The van der Waals surface area contributed by atoms with E-state index >= 15 is 0 Å². The number of rotatable bonds is 6. The zero-order chi connectivity index (χ0) is 13.4. The van der Waals surface area contributed by atoms with E-state index in [1.165, 1.54) is 18.4 Å². The molecule has 4 heteroatoms. The van der Waals surface area contributed by atoms with Gasteiger partial charge < -0.3 is 0 Å². The van der Waals surface area contributed by atoms with Crippen LogP contribution in [0.5, 0.6) is 0 Å². The summed E-state index contributed by atoms with van der Waals surface area (Å²) in [5.41, 5.74) is 2.15. The predicted octanol–water partition coefficient (Wildman–Crippen LogP) is 5.06.